The molecule has 1 atom stereocenters. The lowest BCUT2D eigenvalue weighted by molar-refractivity contribution is -0.402. The molecule has 0 radical (unpaired) electrons. The van der Waals surface area contributed by atoms with Crippen molar-refractivity contribution in [3.05, 3.63) is 81.4 Å². The summed E-state index contributed by atoms with van der Waals surface area (Å²) in [4.78, 5) is 41.8. The van der Waals surface area contributed by atoms with E-state index >= 15 is 0 Å². The van der Waals surface area contributed by atoms with Crippen LogP contribution in [0.25, 0.3) is 6.08 Å². The van der Waals surface area contributed by atoms with Crippen LogP contribution < -0.4 is 14.9 Å². The van der Waals surface area contributed by atoms with E-state index in [9.17, 15) is 19.7 Å². The van der Waals surface area contributed by atoms with Crippen LogP contribution >= 0.6 is 22.7 Å². The van der Waals surface area contributed by atoms with Crippen LogP contribution in [-0.4, -0.2) is 22.1 Å². The van der Waals surface area contributed by atoms with Crippen molar-refractivity contribution in [1.29, 1.82) is 0 Å². The van der Waals surface area contributed by atoms with Gasteiger partial charge in [-0.15, -0.1) is 11.3 Å². The van der Waals surface area contributed by atoms with Gasteiger partial charge in [-0.2, -0.15) is 0 Å². The van der Waals surface area contributed by atoms with Gasteiger partial charge < -0.3 is 9.15 Å². The van der Waals surface area contributed by atoms with Gasteiger partial charge in [0, 0.05) is 11.0 Å². The molecular formula is C19H15N3O6S2. The third-order valence-electron chi connectivity index (χ3n) is 4.40. The Hall–Kier alpha value is -3.31. The molecule has 0 aliphatic carbocycles. The summed E-state index contributed by atoms with van der Waals surface area (Å²) in [5, 5.41) is 12.7. The van der Waals surface area contributed by atoms with Crippen LogP contribution in [0.5, 0.6) is 0 Å². The average Bonchev–Trinajstić information content (AvgIpc) is 3.43. The van der Waals surface area contributed by atoms with E-state index in [4.69, 9.17) is 9.15 Å². The molecule has 0 N–H and O–H groups in total. The number of thiazole rings is 1. The predicted molar refractivity (Wildman–Crippen MR) is 110 cm³/mol. The van der Waals surface area contributed by atoms with Crippen molar-refractivity contribution in [3.63, 3.8) is 0 Å². The van der Waals surface area contributed by atoms with Crippen molar-refractivity contribution in [2.45, 2.75) is 19.9 Å². The first-order chi connectivity index (χ1) is 14.4. The number of carbonyl (C=O) groups is 1. The minimum Gasteiger partial charge on any atom is -0.463 e. The average molecular weight is 445 g/mol. The van der Waals surface area contributed by atoms with Gasteiger partial charge in [0.25, 0.3) is 5.56 Å². The van der Waals surface area contributed by atoms with Crippen molar-refractivity contribution in [3.8, 4) is 0 Å². The maximum atomic E-state index is 13.2. The topological polar surface area (TPSA) is 117 Å². The van der Waals surface area contributed by atoms with Crippen molar-refractivity contribution in [2.75, 3.05) is 6.61 Å². The molecule has 11 heteroatoms. The summed E-state index contributed by atoms with van der Waals surface area (Å²) in [6, 6.07) is 5.67. The number of hydrogen-bond donors (Lipinski definition) is 0. The van der Waals surface area contributed by atoms with Crippen molar-refractivity contribution < 1.29 is 18.9 Å². The molecule has 1 aliphatic heterocycles. The highest BCUT2D eigenvalue weighted by molar-refractivity contribution is 7.10. The fraction of sp³-hybridized carbons (Fsp3) is 0.211. The number of allylic oxidation sites excluding steroid dienone is 1. The normalized spacial score (nSPS) is 16.3. The van der Waals surface area contributed by atoms with Crippen molar-refractivity contribution >= 4 is 40.6 Å². The minimum absolute atomic E-state index is 0.181. The van der Waals surface area contributed by atoms with Gasteiger partial charge in [-0.1, -0.05) is 17.4 Å². The number of carbonyl (C=O) groups excluding carboxylic acids is 1. The summed E-state index contributed by atoms with van der Waals surface area (Å²) in [6.07, 6.45) is 1.44. The van der Waals surface area contributed by atoms with Crippen LogP contribution in [0.3, 0.4) is 0 Å². The van der Waals surface area contributed by atoms with E-state index < -0.39 is 22.8 Å². The van der Waals surface area contributed by atoms with E-state index in [0.717, 1.165) is 16.2 Å². The fourth-order valence-electron chi connectivity index (χ4n) is 3.15. The molecule has 1 aliphatic rings. The fourth-order valence-corrected chi connectivity index (χ4v) is 5.00. The zero-order valence-corrected chi connectivity index (χ0v) is 17.5. The maximum Gasteiger partial charge on any atom is 0.433 e. The zero-order valence-electron chi connectivity index (χ0n) is 15.9. The Morgan fingerprint density at radius 2 is 2.23 bits per heavy atom. The lowest BCUT2D eigenvalue weighted by Crippen LogP contribution is -2.39. The Morgan fingerprint density at radius 3 is 2.87 bits per heavy atom. The molecule has 0 saturated heterocycles. The van der Waals surface area contributed by atoms with E-state index in [1.165, 1.54) is 34.1 Å². The highest BCUT2D eigenvalue weighted by Crippen LogP contribution is 2.33. The van der Waals surface area contributed by atoms with Crippen LogP contribution in [0, 0.1) is 10.1 Å². The maximum absolute atomic E-state index is 13.2. The second-order valence-electron chi connectivity index (χ2n) is 6.25. The Labute approximate surface area is 177 Å². The van der Waals surface area contributed by atoms with Crippen LogP contribution in [0.4, 0.5) is 5.88 Å². The smallest absolute Gasteiger partial charge is 0.433 e. The quantitative estimate of drug-likeness (QED) is 0.338. The number of furan rings is 1. The standard InChI is InChI=1S/C19H15N3O6S2/c1-3-27-18(24)15-10(2)20-19-21(16(15)12-5-4-8-29-12)17(23)13(30-19)9-11-6-7-14(28-11)22(25)26/h4-9,16H,3H2,1-2H3/b13-9+/t16-/m0/s1. The Balaban J connectivity index is 1.91. The van der Waals surface area contributed by atoms with E-state index in [2.05, 4.69) is 4.99 Å². The third kappa shape index (κ3) is 3.42. The molecule has 154 valence electrons. The first-order valence-electron chi connectivity index (χ1n) is 8.88. The lowest BCUT2D eigenvalue weighted by Gasteiger charge is -2.23. The Bertz CT molecular complexity index is 1340. The number of fused-ring (bicyclic) bond motifs is 1. The number of aromatic nitrogens is 1. The Morgan fingerprint density at radius 1 is 1.43 bits per heavy atom. The number of esters is 1. The highest BCUT2D eigenvalue weighted by atomic mass is 32.1. The predicted octanol–water partition coefficient (Wildman–Crippen LogP) is 2.36. The SMILES string of the molecule is CCOC(=O)C1=C(C)N=c2s/c(=C/c3ccc([N+](=O)[O-])o3)c(=O)n2[C@H]1c1cccs1. The van der Waals surface area contributed by atoms with Gasteiger partial charge in [0.15, 0.2) is 4.80 Å². The van der Waals surface area contributed by atoms with Crippen LogP contribution in [0.15, 0.2) is 55.1 Å². The molecule has 0 spiro atoms. The van der Waals surface area contributed by atoms with Crippen molar-refractivity contribution in [2.24, 2.45) is 4.99 Å². The van der Waals surface area contributed by atoms with Crippen LogP contribution in [0.2, 0.25) is 0 Å². The van der Waals surface area contributed by atoms with E-state index in [1.807, 2.05) is 17.5 Å². The second kappa shape index (κ2) is 7.84. The number of thiophene rings is 1. The minimum atomic E-state index is -0.659. The largest absolute Gasteiger partial charge is 0.463 e. The molecule has 4 rings (SSSR count). The molecule has 4 heterocycles. The van der Waals surface area contributed by atoms with E-state index in [-0.39, 0.29) is 22.5 Å². The van der Waals surface area contributed by atoms with Gasteiger partial charge in [0.05, 0.1) is 28.5 Å². The molecule has 0 amide bonds. The molecule has 0 aromatic carbocycles. The second-order valence-corrected chi connectivity index (χ2v) is 8.24. The molecule has 30 heavy (non-hydrogen) atoms. The molecule has 0 fully saturated rings. The number of nitro groups is 1. The summed E-state index contributed by atoms with van der Waals surface area (Å²) >= 11 is 2.54. The van der Waals surface area contributed by atoms with Crippen molar-refractivity contribution in [1.82, 2.24) is 4.57 Å². The molecule has 3 aromatic rings. The number of hydrogen-bond acceptors (Lipinski definition) is 9. The van der Waals surface area contributed by atoms with Gasteiger partial charge in [-0.25, -0.2) is 9.79 Å². The first-order valence-corrected chi connectivity index (χ1v) is 10.6. The molecule has 0 bridgehead atoms. The lowest BCUT2D eigenvalue weighted by atomic mass is 10.0. The van der Waals surface area contributed by atoms with Gasteiger partial charge in [0.1, 0.15) is 16.7 Å². The van der Waals surface area contributed by atoms with E-state index in [1.54, 1.807) is 13.8 Å². The van der Waals surface area contributed by atoms with Gasteiger partial charge in [-0.3, -0.25) is 19.5 Å². The molecule has 3 aromatic heterocycles. The molecule has 9 nitrogen and oxygen atoms in total. The summed E-state index contributed by atoms with van der Waals surface area (Å²) in [5.41, 5.74) is 0.422. The highest BCUT2D eigenvalue weighted by Gasteiger charge is 2.33. The summed E-state index contributed by atoms with van der Waals surface area (Å²) < 4.78 is 12.1. The summed E-state index contributed by atoms with van der Waals surface area (Å²) in [6.45, 7) is 3.63. The molecule has 0 saturated carbocycles. The van der Waals surface area contributed by atoms with E-state index in [0.29, 0.717) is 16.1 Å². The number of rotatable bonds is 5. The third-order valence-corrected chi connectivity index (χ3v) is 6.30. The monoisotopic (exact) mass is 445 g/mol. The summed E-state index contributed by atoms with van der Waals surface area (Å²) in [7, 11) is 0. The van der Waals surface area contributed by atoms with Gasteiger partial charge >= 0.3 is 11.9 Å². The summed E-state index contributed by atoms with van der Waals surface area (Å²) in [5.74, 6) is -0.750. The number of ether oxygens (including phenoxy) is 1. The van der Waals surface area contributed by atoms with Crippen LogP contribution in [0.1, 0.15) is 30.5 Å². The van der Waals surface area contributed by atoms with Gasteiger partial charge in [-0.05, 0) is 31.4 Å². The zero-order chi connectivity index (χ0) is 21.4. The molecular weight excluding hydrogens is 430 g/mol. The van der Waals surface area contributed by atoms with Crippen LogP contribution in [-0.2, 0) is 9.53 Å². The molecule has 0 unspecified atom stereocenters. The van der Waals surface area contributed by atoms with Gasteiger partial charge in [0.2, 0.25) is 0 Å². The number of nitrogens with zero attached hydrogens (tertiary/aromatic N) is 3. The Kier molecular flexibility index (Phi) is 5.22. The first kappa shape index (κ1) is 20.0.